The van der Waals surface area contributed by atoms with E-state index in [1.807, 2.05) is 6.92 Å². The van der Waals surface area contributed by atoms with Crippen molar-refractivity contribution in [3.63, 3.8) is 0 Å². The van der Waals surface area contributed by atoms with Crippen molar-refractivity contribution in [1.29, 1.82) is 0 Å². The Balaban J connectivity index is 0.00000392. The van der Waals surface area contributed by atoms with Gasteiger partial charge in [-0.3, -0.25) is 14.6 Å². The summed E-state index contributed by atoms with van der Waals surface area (Å²) in [5, 5.41) is 3.16. The van der Waals surface area contributed by atoms with Crippen molar-refractivity contribution < 1.29 is 16.8 Å². The molecule has 0 radical (unpaired) electrons. The van der Waals surface area contributed by atoms with Crippen LogP contribution in [0.3, 0.4) is 0 Å². The highest BCUT2D eigenvalue weighted by molar-refractivity contribution is 6.35. The summed E-state index contributed by atoms with van der Waals surface area (Å²) in [7, 11) is 0. The largest absolute Gasteiger partial charge is 0.397 e. The number of carbonyl (C=O) groups excluding carboxylic acids is 2. The molecule has 1 aromatic heterocycles. The molecule has 0 saturated carbocycles. The molecule has 5 N–H and O–H groups in total. The molecule has 1 heterocycles. The molecule has 0 fully saturated rings. The van der Waals surface area contributed by atoms with Crippen molar-refractivity contribution >= 4 is 29.0 Å². The summed E-state index contributed by atoms with van der Waals surface area (Å²) in [6, 6.07) is 5.28. The molecule has 0 aliphatic heterocycles. The Labute approximate surface area is 165 Å². The topological polar surface area (TPSA) is 111 Å². The number of pyridine rings is 1. The second-order valence-corrected chi connectivity index (χ2v) is 6.74. The summed E-state index contributed by atoms with van der Waals surface area (Å²) in [4.78, 5) is 27.7. The van der Waals surface area contributed by atoms with Crippen molar-refractivity contribution in [2.75, 3.05) is 5.73 Å². The highest BCUT2D eigenvalue weighted by Crippen LogP contribution is 2.29. The van der Waals surface area contributed by atoms with Gasteiger partial charge in [0.1, 0.15) is 11.5 Å². The smallest absolute Gasteiger partial charge is 0.218 e. The van der Waals surface area contributed by atoms with E-state index in [9.17, 15) is 9.59 Å². The first-order valence-electron chi connectivity index (χ1n) is 8.53. The van der Waals surface area contributed by atoms with E-state index in [-0.39, 0.29) is 37.2 Å². The average molecular weight is 397 g/mol. The monoisotopic (exact) mass is 396 g/mol. The number of amides is 1. The first-order chi connectivity index (χ1) is 12.7. The van der Waals surface area contributed by atoms with Gasteiger partial charge in [-0.1, -0.05) is 24.6 Å². The molecule has 2 atom stereocenters. The first-order valence-corrected chi connectivity index (χ1v) is 8.90. The van der Waals surface area contributed by atoms with Crippen LogP contribution in [0.2, 0.25) is 5.02 Å². The summed E-state index contributed by atoms with van der Waals surface area (Å²) in [5.41, 5.74) is 11.3. The third kappa shape index (κ3) is 5.02. The van der Waals surface area contributed by atoms with Crippen LogP contribution in [-0.4, -0.2) is 22.7 Å². The van der Waals surface area contributed by atoms with E-state index in [1.54, 1.807) is 6.92 Å². The Bertz CT molecular complexity index is 853. The van der Waals surface area contributed by atoms with Gasteiger partial charge in [-0.05, 0) is 31.5 Å². The zero-order valence-corrected chi connectivity index (χ0v) is 15.9. The zero-order chi connectivity index (χ0) is 20.1. The van der Waals surface area contributed by atoms with Crippen LogP contribution in [0.15, 0.2) is 30.5 Å². The van der Waals surface area contributed by atoms with Gasteiger partial charge < -0.3 is 16.8 Å². The number of rotatable bonds is 8. The van der Waals surface area contributed by atoms with Crippen LogP contribution in [-0.2, 0) is 4.79 Å². The van der Waals surface area contributed by atoms with Gasteiger partial charge in [-0.25, -0.2) is 4.39 Å². The van der Waals surface area contributed by atoms with Crippen LogP contribution in [0.4, 0.5) is 10.1 Å². The standard InChI is InChI=1S/C19H22ClFN4O2.2H2/c1-3-14(25-10(2)8-16(23)26)12-5-6-13(20)17(18(12)21)19(27)15-7-4-11(22)9-24-15;;/h4-7,9-10,14,25H,3,8,22H2,1-2H3,(H2,23,26);2*1H/t10-,14+;;/m0../s1. The molecule has 6 nitrogen and oxygen atoms in total. The number of primary amides is 1. The Morgan fingerprint density at radius 2 is 2.04 bits per heavy atom. The van der Waals surface area contributed by atoms with Gasteiger partial charge in [0.2, 0.25) is 11.7 Å². The molecule has 1 amide bonds. The SMILES string of the molecule is CC[C@@H](N[C@@H](C)CC(N)=O)c1ccc(Cl)c(C(=O)c2ccc(N)cn2)c1F.[HH].[HH]. The first kappa shape index (κ1) is 20.8. The minimum atomic E-state index is -0.711. The summed E-state index contributed by atoms with van der Waals surface area (Å²) in [5.74, 6) is -1.79. The predicted molar refractivity (Wildman–Crippen MR) is 107 cm³/mol. The Kier molecular flexibility index (Phi) is 6.87. The van der Waals surface area contributed by atoms with Gasteiger partial charge in [0.05, 0.1) is 22.5 Å². The van der Waals surface area contributed by atoms with Crippen molar-refractivity contribution in [2.45, 2.75) is 38.8 Å². The summed E-state index contributed by atoms with van der Waals surface area (Å²) in [6.45, 7) is 3.65. The number of anilines is 1. The highest BCUT2D eigenvalue weighted by Gasteiger charge is 2.25. The fraction of sp³-hybridized carbons (Fsp3) is 0.316. The molecule has 0 unspecified atom stereocenters. The van der Waals surface area contributed by atoms with Gasteiger partial charge >= 0.3 is 0 Å². The zero-order valence-electron chi connectivity index (χ0n) is 15.1. The number of nitrogen functional groups attached to an aromatic ring is 1. The maximum atomic E-state index is 15.2. The lowest BCUT2D eigenvalue weighted by Crippen LogP contribution is -2.34. The van der Waals surface area contributed by atoms with Crippen LogP contribution in [0.25, 0.3) is 0 Å². The number of benzene rings is 1. The highest BCUT2D eigenvalue weighted by atomic mass is 35.5. The molecule has 0 aliphatic rings. The third-order valence-corrected chi connectivity index (χ3v) is 4.46. The lowest BCUT2D eigenvalue weighted by Gasteiger charge is -2.23. The van der Waals surface area contributed by atoms with E-state index < -0.39 is 23.5 Å². The van der Waals surface area contributed by atoms with Crippen LogP contribution in [0, 0.1) is 5.82 Å². The number of halogens is 2. The van der Waals surface area contributed by atoms with Gasteiger partial charge in [0.15, 0.2) is 0 Å². The number of aromatic nitrogens is 1. The summed E-state index contributed by atoms with van der Waals surface area (Å²) < 4.78 is 15.2. The molecular weight excluding hydrogens is 371 g/mol. The van der Waals surface area contributed by atoms with Crippen molar-refractivity contribution in [2.24, 2.45) is 5.73 Å². The molecule has 0 bridgehead atoms. The van der Waals surface area contributed by atoms with E-state index in [0.717, 1.165) is 0 Å². The van der Waals surface area contributed by atoms with E-state index in [2.05, 4.69) is 10.3 Å². The Hall–Kier alpha value is -2.51. The van der Waals surface area contributed by atoms with Crippen molar-refractivity contribution in [3.05, 3.63) is 58.1 Å². The third-order valence-electron chi connectivity index (χ3n) is 4.14. The van der Waals surface area contributed by atoms with E-state index in [1.165, 1.54) is 30.5 Å². The fourth-order valence-electron chi connectivity index (χ4n) is 2.85. The lowest BCUT2D eigenvalue weighted by atomic mass is 9.97. The normalized spacial score (nSPS) is 13.2. The van der Waals surface area contributed by atoms with Crippen LogP contribution in [0.5, 0.6) is 0 Å². The average Bonchev–Trinajstić information content (AvgIpc) is 2.60. The molecule has 148 valence electrons. The van der Waals surface area contributed by atoms with E-state index in [0.29, 0.717) is 12.1 Å². The fourth-order valence-corrected chi connectivity index (χ4v) is 3.08. The Morgan fingerprint density at radius 3 is 2.59 bits per heavy atom. The maximum absolute atomic E-state index is 15.2. The predicted octanol–water partition coefficient (Wildman–Crippen LogP) is 3.48. The molecule has 2 rings (SSSR count). The number of hydrogen-bond acceptors (Lipinski definition) is 5. The lowest BCUT2D eigenvalue weighted by molar-refractivity contribution is -0.118. The number of nitrogens with zero attached hydrogens (tertiary/aromatic N) is 1. The second kappa shape index (κ2) is 8.92. The molecule has 8 heteroatoms. The van der Waals surface area contributed by atoms with Gasteiger partial charge in [0, 0.05) is 26.9 Å². The number of carbonyl (C=O) groups is 2. The molecule has 0 saturated heterocycles. The van der Waals surface area contributed by atoms with E-state index in [4.69, 9.17) is 23.1 Å². The summed E-state index contributed by atoms with van der Waals surface area (Å²) >= 11 is 6.11. The van der Waals surface area contributed by atoms with Crippen LogP contribution >= 0.6 is 11.6 Å². The van der Waals surface area contributed by atoms with E-state index >= 15 is 4.39 Å². The quantitative estimate of drug-likeness (QED) is 0.591. The minimum absolute atomic E-state index is 0. The molecule has 1 aromatic carbocycles. The Morgan fingerprint density at radius 1 is 1.33 bits per heavy atom. The number of ketones is 1. The number of nitrogens with two attached hydrogens (primary N) is 2. The minimum Gasteiger partial charge on any atom is -0.397 e. The molecule has 0 aliphatic carbocycles. The molecule has 2 aromatic rings. The van der Waals surface area contributed by atoms with Crippen molar-refractivity contribution in [1.82, 2.24) is 10.3 Å². The maximum Gasteiger partial charge on any atom is 0.218 e. The van der Waals surface area contributed by atoms with Gasteiger partial charge in [-0.2, -0.15) is 0 Å². The molecular formula is C19H26ClFN4O2. The number of nitrogens with one attached hydrogen (secondary N) is 1. The van der Waals surface area contributed by atoms with Gasteiger partial charge in [-0.15, -0.1) is 0 Å². The molecule has 0 spiro atoms. The van der Waals surface area contributed by atoms with Gasteiger partial charge in [0.25, 0.3) is 0 Å². The van der Waals surface area contributed by atoms with Crippen LogP contribution in [0.1, 0.15) is 57.2 Å². The number of hydrogen-bond donors (Lipinski definition) is 3. The molecule has 27 heavy (non-hydrogen) atoms. The summed E-state index contributed by atoms with van der Waals surface area (Å²) in [6.07, 6.45) is 1.98. The second-order valence-electron chi connectivity index (χ2n) is 6.33. The van der Waals surface area contributed by atoms with Crippen LogP contribution < -0.4 is 16.8 Å². The van der Waals surface area contributed by atoms with Crippen molar-refractivity contribution in [3.8, 4) is 0 Å².